The number of hydrogen-bond acceptors (Lipinski definition) is 31. The highest BCUT2D eigenvalue weighted by Gasteiger charge is 2.53. The summed E-state index contributed by atoms with van der Waals surface area (Å²) in [5.41, 5.74) is 0. The SMILES string of the molecule is O=C(O)[C@H]1O[C@@H](OC[C@H]2O[C@@H](OC[C@H]3O[C@@H](OC[C@H]4O[C@@H](OC[C@H]5O[C@@H](OC[C@H]6O[C@H](O)[C@H](O)[C@@H](O)[C@@H]6O)[C@H](O)[C@@H](O)[C@@H]5O)[C@H](O)[C@@H](O)[C@@H]4O)[C@H](O)[C@@H](O)[C@@H]3O)[C@H](O)[C@@H](O)[C@@H]2O)[C@H](O)[C@@H](O)[C@@H]1O. The molecule has 0 aromatic carbocycles. The average Bonchev–Trinajstić information content (AvgIpc) is 3.31. The second-order valence-corrected chi connectivity index (χ2v) is 17.0. The van der Waals surface area contributed by atoms with E-state index in [1.54, 1.807) is 0 Å². The van der Waals surface area contributed by atoms with Gasteiger partial charge in [0, 0.05) is 0 Å². The fourth-order valence-electron chi connectivity index (χ4n) is 7.97. The molecule has 396 valence electrons. The average molecular weight is 1000 g/mol. The summed E-state index contributed by atoms with van der Waals surface area (Å²) in [5.74, 6) is -1.71. The third kappa shape index (κ3) is 11.9. The van der Waals surface area contributed by atoms with Crippen molar-refractivity contribution in [1.29, 1.82) is 0 Å². The maximum atomic E-state index is 11.4. The second kappa shape index (κ2) is 23.4. The van der Waals surface area contributed by atoms with Crippen molar-refractivity contribution in [2.75, 3.05) is 33.0 Å². The number of rotatable bonds is 16. The second-order valence-electron chi connectivity index (χ2n) is 17.0. The van der Waals surface area contributed by atoms with Gasteiger partial charge in [-0.1, -0.05) is 0 Å². The Kier molecular flexibility index (Phi) is 19.2. The quantitative estimate of drug-likeness (QED) is 0.0683. The summed E-state index contributed by atoms with van der Waals surface area (Å²) in [6, 6.07) is 0. The molecule has 6 aliphatic heterocycles. The standard InChI is InChI=1S/C36H60O32/c37-11-6(63-31(57)23(49)16(11)42)1-58-32-24(50)17(43)12(38)7(64-32)2-59-33-25(51)18(44)13(39)8(65-33)3-60-34-26(52)19(45)14(40)9(66-34)4-61-35-27(53)20(46)15(41)10(67-35)5-62-36-28(54)21(47)22(48)29(68-36)30(55)56/h6-29,31-54,57H,1-5H2,(H,55,56)/t6-,7-,8-,9-,10-,11-,12-,13-,14-,15-,16+,17+,18+,19+,20+,21+,22+,23-,24-,25-,26-,27-,28-,29+,31+,32-,33-,34-,35-,36-/m1/s1. The molecule has 6 saturated heterocycles. The van der Waals surface area contributed by atoms with Gasteiger partial charge in [-0.25, -0.2) is 4.79 Å². The van der Waals surface area contributed by atoms with Gasteiger partial charge in [0.05, 0.1) is 33.0 Å². The molecule has 30 atom stereocenters. The molecule has 6 rings (SSSR count). The Labute approximate surface area is 382 Å². The highest BCUT2D eigenvalue weighted by atomic mass is 16.8. The summed E-state index contributed by atoms with van der Waals surface area (Å²) in [6.45, 7) is -3.93. The number of carboxylic acids is 1. The molecule has 0 unspecified atom stereocenters. The van der Waals surface area contributed by atoms with Gasteiger partial charge in [0.2, 0.25) is 0 Å². The van der Waals surface area contributed by atoms with Crippen LogP contribution in [-0.2, 0) is 56.9 Å². The van der Waals surface area contributed by atoms with Gasteiger partial charge in [-0.3, -0.25) is 0 Å². The summed E-state index contributed by atoms with van der Waals surface area (Å²) in [6.07, 6.45) is -56.5. The first kappa shape index (κ1) is 55.6. The summed E-state index contributed by atoms with van der Waals surface area (Å²) in [5, 5.41) is 206. The van der Waals surface area contributed by atoms with Gasteiger partial charge in [-0.15, -0.1) is 0 Å². The van der Waals surface area contributed by atoms with Gasteiger partial charge in [-0.2, -0.15) is 0 Å². The van der Waals surface area contributed by atoms with E-state index >= 15 is 0 Å². The van der Waals surface area contributed by atoms with Crippen molar-refractivity contribution in [3.05, 3.63) is 0 Å². The van der Waals surface area contributed by atoms with E-state index < -0.39 is 223 Å². The molecule has 20 N–H and O–H groups in total. The Morgan fingerprint density at radius 1 is 0.279 bits per heavy atom. The minimum absolute atomic E-state index is 0.700. The molecule has 0 bridgehead atoms. The molecule has 6 fully saturated rings. The van der Waals surface area contributed by atoms with E-state index in [0.29, 0.717) is 0 Å². The first-order chi connectivity index (χ1) is 31.9. The normalized spacial score (nSPS) is 52.7. The fourth-order valence-corrected chi connectivity index (χ4v) is 7.97. The number of hydrogen-bond donors (Lipinski definition) is 20. The Morgan fingerprint density at radius 3 is 0.765 bits per heavy atom. The first-order valence-electron chi connectivity index (χ1n) is 21.1. The number of ether oxygens (including phenoxy) is 11. The molecule has 0 aliphatic carbocycles. The lowest BCUT2D eigenvalue weighted by molar-refractivity contribution is -0.351. The number of aliphatic hydroxyl groups is 19. The molecule has 0 aromatic rings. The van der Waals surface area contributed by atoms with E-state index in [1.807, 2.05) is 0 Å². The Bertz CT molecular complexity index is 1590. The zero-order chi connectivity index (χ0) is 50.2. The van der Waals surface area contributed by atoms with Crippen LogP contribution >= 0.6 is 0 Å². The lowest BCUT2D eigenvalue weighted by Gasteiger charge is -2.44. The third-order valence-electron chi connectivity index (χ3n) is 12.3. The van der Waals surface area contributed by atoms with Crippen LogP contribution in [-0.4, -0.2) is 325 Å². The summed E-state index contributed by atoms with van der Waals surface area (Å²) in [4.78, 5) is 11.4. The van der Waals surface area contributed by atoms with Crippen LogP contribution in [0.5, 0.6) is 0 Å². The molecular formula is C36H60O32. The van der Waals surface area contributed by atoms with Crippen LogP contribution in [0.1, 0.15) is 0 Å². The summed E-state index contributed by atoms with van der Waals surface area (Å²) >= 11 is 0. The molecule has 0 amide bonds. The molecule has 0 aromatic heterocycles. The molecule has 6 heterocycles. The topological polar surface area (TPSA) is 523 Å². The van der Waals surface area contributed by atoms with Gasteiger partial charge in [-0.05, 0) is 0 Å². The van der Waals surface area contributed by atoms with Gasteiger partial charge in [0.1, 0.15) is 140 Å². The minimum atomic E-state index is -2.05. The first-order valence-corrected chi connectivity index (χ1v) is 21.1. The van der Waals surface area contributed by atoms with Crippen molar-refractivity contribution in [1.82, 2.24) is 0 Å². The maximum Gasteiger partial charge on any atom is 0.335 e. The maximum absolute atomic E-state index is 11.4. The van der Waals surface area contributed by atoms with Crippen molar-refractivity contribution in [2.45, 2.75) is 184 Å². The van der Waals surface area contributed by atoms with E-state index in [0.717, 1.165) is 0 Å². The summed E-state index contributed by atoms with van der Waals surface area (Å²) < 4.78 is 59.2. The van der Waals surface area contributed by atoms with Crippen LogP contribution in [0.3, 0.4) is 0 Å². The number of aliphatic carboxylic acids is 1. The molecule has 32 nitrogen and oxygen atoms in total. The van der Waals surface area contributed by atoms with E-state index in [4.69, 9.17) is 52.1 Å². The van der Waals surface area contributed by atoms with Crippen molar-refractivity contribution in [3.63, 3.8) is 0 Å². The van der Waals surface area contributed by atoms with Crippen LogP contribution in [0.4, 0.5) is 0 Å². The van der Waals surface area contributed by atoms with Gasteiger partial charge in [0.25, 0.3) is 0 Å². The fraction of sp³-hybridized carbons (Fsp3) is 0.972. The molecule has 0 radical (unpaired) electrons. The predicted octanol–water partition coefficient (Wildman–Crippen LogP) is -14.0. The lowest BCUT2D eigenvalue weighted by Crippen LogP contribution is -2.63. The Hall–Kier alpha value is -1.73. The highest BCUT2D eigenvalue weighted by Crippen LogP contribution is 2.31. The highest BCUT2D eigenvalue weighted by molar-refractivity contribution is 5.73. The third-order valence-corrected chi connectivity index (χ3v) is 12.3. The van der Waals surface area contributed by atoms with E-state index in [-0.39, 0.29) is 0 Å². The zero-order valence-electron chi connectivity index (χ0n) is 35.2. The number of carboxylic acid groups (broad SMARTS) is 1. The lowest BCUT2D eigenvalue weighted by atomic mass is 9.97. The number of aliphatic hydroxyl groups excluding tert-OH is 19. The van der Waals surface area contributed by atoms with Gasteiger partial charge in [0.15, 0.2) is 43.8 Å². The molecule has 32 heteroatoms. The Morgan fingerprint density at radius 2 is 0.500 bits per heavy atom. The smallest absolute Gasteiger partial charge is 0.335 e. The van der Waals surface area contributed by atoms with Crippen molar-refractivity contribution >= 4 is 5.97 Å². The summed E-state index contributed by atoms with van der Waals surface area (Å²) in [7, 11) is 0. The van der Waals surface area contributed by atoms with Crippen LogP contribution in [0, 0.1) is 0 Å². The van der Waals surface area contributed by atoms with E-state index in [2.05, 4.69) is 0 Å². The van der Waals surface area contributed by atoms with Crippen molar-refractivity contribution < 1.29 is 159 Å². The van der Waals surface area contributed by atoms with Crippen molar-refractivity contribution in [2.24, 2.45) is 0 Å². The van der Waals surface area contributed by atoms with Crippen LogP contribution in [0.15, 0.2) is 0 Å². The van der Waals surface area contributed by atoms with Crippen LogP contribution in [0.25, 0.3) is 0 Å². The van der Waals surface area contributed by atoms with Crippen LogP contribution < -0.4 is 0 Å². The molecule has 0 saturated carbocycles. The molecule has 0 spiro atoms. The van der Waals surface area contributed by atoms with E-state index in [9.17, 15) is 107 Å². The molecule has 68 heavy (non-hydrogen) atoms. The van der Waals surface area contributed by atoms with Crippen molar-refractivity contribution in [3.8, 4) is 0 Å². The monoisotopic (exact) mass is 1000 g/mol. The molecule has 6 aliphatic rings. The largest absolute Gasteiger partial charge is 0.479 e. The van der Waals surface area contributed by atoms with Crippen LogP contribution in [0.2, 0.25) is 0 Å². The zero-order valence-corrected chi connectivity index (χ0v) is 35.2. The Balaban J connectivity index is 1.01. The molecular weight excluding hydrogens is 944 g/mol. The van der Waals surface area contributed by atoms with Gasteiger partial charge < -0.3 is 154 Å². The van der Waals surface area contributed by atoms with Gasteiger partial charge >= 0.3 is 5.97 Å². The number of carbonyl (C=O) groups is 1. The predicted molar refractivity (Wildman–Crippen MR) is 200 cm³/mol. The van der Waals surface area contributed by atoms with E-state index in [1.165, 1.54) is 0 Å². The minimum Gasteiger partial charge on any atom is -0.479 e.